The summed E-state index contributed by atoms with van der Waals surface area (Å²) in [6, 6.07) is 0. The second-order valence-electron chi connectivity index (χ2n) is 5.21. The third-order valence-corrected chi connectivity index (χ3v) is 2.74. The lowest BCUT2D eigenvalue weighted by atomic mass is 10.1. The molecule has 0 aromatic heterocycles. The van der Waals surface area contributed by atoms with Crippen molar-refractivity contribution in [1.82, 2.24) is 4.90 Å². The van der Waals surface area contributed by atoms with Crippen LogP contribution in [-0.4, -0.2) is 42.6 Å². The Hall–Kier alpha value is -0.680. The van der Waals surface area contributed by atoms with Gasteiger partial charge in [-0.2, -0.15) is 0 Å². The summed E-state index contributed by atoms with van der Waals surface area (Å²) >= 11 is 4.86. The van der Waals surface area contributed by atoms with E-state index in [9.17, 15) is 4.79 Å². The van der Waals surface area contributed by atoms with Crippen LogP contribution in [0.25, 0.3) is 0 Å². The van der Waals surface area contributed by atoms with Gasteiger partial charge >= 0.3 is 0 Å². The predicted molar refractivity (Wildman–Crippen MR) is 78.5 cm³/mol. The first kappa shape index (κ1) is 17.3. The average molecular weight is 274 g/mol. The van der Waals surface area contributed by atoms with Crippen molar-refractivity contribution < 1.29 is 9.53 Å². The van der Waals surface area contributed by atoms with Crippen LogP contribution in [0.15, 0.2) is 0 Å². The summed E-state index contributed by atoms with van der Waals surface area (Å²) in [6.45, 7) is 8.19. The molecule has 1 amide bonds. The average Bonchev–Trinajstić information content (AvgIpc) is 2.23. The van der Waals surface area contributed by atoms with Crippen LogP contribution >= 0.6 is 12.2 Å². The SMILES string of the molecule is COCC(C)CC(=O)N(CCC(N)=S)CC(C)C. The van der Waals surface area contributed by atoms with Crippen molar-refractivity contribution in [2.24, 2.45) is 17.6 Å². The molecule has 0 rings (SSSR count). The van der Waals surface area contributed by atoms with Crippen molar-refractivity contribution in [2.45, 2.75) is 33.6 Å². The molecule has 0 aromatic carbocycles. The van der Waals surface area contributed by atoms with Crippen LogP contribution in [0.2, 0.25) is 0 Å². The molecule has 0 spiro atoms. The van der Waals surface area contributed by atoms with E-state index in [2.05, 4.69) is 13.8 Å². The molecular formula is C13H26N2O2S. The molecule has 1 unspecified atom stereocenters. The summed E-state index contributed by atoms with van der Waals surface area (Å²) in [7, 11) is 1.65. The Labute approximate surface area is 116 Å². The number of hydrogen-bond acceptors (Lipinski definition) is 3. The van der Waals surface area contributed by atoms with E-state index in [0.717, 1.165) is 6.54 Å². The molecule has 0 radical (unpaired) electrons. The van der Waals surface area contributed by atoms with E-state index in [1.165, 1.54) is 0 Å². The summed E-state index contributed by atoms with van der Waals surface area (Å²) in [5.74, 6) is 0.838. The smallest absolute Gasteiger partial charge is 0.222 e. The molecule has 0 aliphatic heterocycles. The van der Waals surface area contributed by atoms with E-state index in [1.807, 2.05) is 11.8 Å². The van der Waals surface area contributed by atoms with Gasteiger partial charge in [0.25, 0.3) is 0 Å². The van der Waals surface area contributed by atoms with E-state index in [0.29, 0.717) is 36.9 Å². The highest BCUT2D eigenvalue weighted by molar-refractivity contribution is 7.80. The van der Waals surface area contributed by atoms with Crippen LogP contribution in [0, 0.1) is 11.8 Å². The van der Waals surface area contributed by atoms with E-state index in [4.69, 9.17) is 22.7 Å². The molecule has 0 bridgehead atoms. The monoisotopic (exact) mass is 274 g/mol. The van der Waals surface area contributed by atoms with Gasteiger partial charge < -0.3 is 15.4 Å². The quantitative estimate of drug-likeness (QED) is 0.652. The molecule has 0 saturated carbocycles. The zero-order chi connectivity index (χ0) is 14.1. The van der Waals surface area contributed by atoms with Gasteiger partial charge in [-0.1, -0.05) is 33.0 Å². The number of hydrogen-bond donors (Lipinski definition) is 1. The van der Waals surface area contributed by atoms with Crippen LogP contribution in [-0.2, 0) is 9.53 Å². The molecule has 1 atom stereocenters. The predicted octanol–water partition coefficient (Wildman–Crippen LogP) is 1.82. The minimum Gasteiger partial charge on any atom is -0.393 e. The molecule has 0 aliphatic rings. The molecular weight excluding hydrogens is 248 g/mol. The van der Waals surface area contributed by atoms with Gasteiger partial charge in [0.2, 0.25) is 5.91 Å². The summed E-state index contributed by atoms with van der Waals surface area (Å²) < 4.78 is 5.05. The molecule has 0 aliphatic carbocycles. The molecule has 106 valence electrons. The fourth-order valence-corrected chi connectivity index (χ4v) is 1.87. The third-order valence-electron chi connectivity index (χ3n) is 2.54. The number of ether oxygens (including phenoxy) is 1. The summed E-state index contributed by atoms with van der Waals surface area (Å²) in [6.07, 6.45) is 1.10. The van der Waals surface area contributed by atoms with Crippen molar-refractivity contribution >= 4 is 23.1 Å². The normalized spacial score (nSPS) is 12.5. The fraction of sp³-hybridized carbons (Fsp3) is 0.846. The van der Waals surface area contributed by atoms with Gasteiger partial charge in [0.15, 0.2) is 0 Å². The van der Waals surface area contributed by atoms with E-state index in [-0.39, 0.29) is 11.8 Å². The highest BCUT2D eigenvalue weighted by Gasteiger charge is 2.17. The number of amides is 1. The maximum Gasteiger partial charge on any atom is 0.222 e. The summed E-state index contributed by atoms with van der Waals surface area (Å²) in [4.78, 5) is 14.5. The highest BCUT2D eigenvalue weighted by Crippen LogP contribution is 2.09. The Bertz CT molecular complexity index is 270. The largest absolute Gasteiger partial charge is 0.393 e. The topological polar surface area (TPSA) is 55.6 Å². The minimum absolute atomic E-state index is 0.157. The molecule has 0 fully saturated rings. The molecule has 0 saturated heterocycles. The minimum atomic E-state index is 0.157. The maximum atomic E-state index is 12.2. The fourth-order valence-electron chi connectivity index (χ4n) is 1.77. The van der Waals surface area contributed by atoms with Gasteiger partial charge in [-0.3, -0.25) is 4.79 Å². The molecule has 5 heteroatoms. The van der Waals surface area contributed by atoms with Gasteiger partial charge in [0.05, 0.1) is 4.99 Å². The van der Waals surface area contributed by atoms with Crippen LogP contribution < -0.4 is 5.73 Å². The van der Waals surface area contributed by atoms with Crippen molar-refractivity contribution in [1.29, 1.82) is 0 Å². The first-order chi connectivity index (χ1) is 8.36. The first-order valence-electron chi connectivity index (χ1n) is 6.41. The Balaban J connectivity index is 4.34. The highest BCUT2D eigenvalue weighted by atomic mass is 32.1. The zero-order valence-corrected chi connectivity index (χ0v) is 12.8. The number of thiocarbonyl (C=S) groups is 1. The second-order valence-corrected chi connectivity index (χ2v) is 5.74. The standard InChI is InChI=1S/C13H26N2O2S/c1-10(2)8-15(6-5-12(14)18)13(16)7-11(3)9-17-4/h10-11H,5-9H2,1-4H3,(H2,14,18). The van der Waals surface area contributed by atoms with E-state index in [1.54, 1.807) is 7.11 Å². The maximum absolute atomic E-state index is 12.2. The third kappa shape index (κ3) is 8.42. The van der Waals surface area contributed by atoms with Gasteiger partial charge in [-0.15, -0.1) is 0 Å². The number of nitrogens with zero attached hydrogens (tertiary/aromatic N) is 1. The second kappa shape index (κ2) is 9.28. The number of rotatable bonds is 9. The zero-order valence-electron chi connectivity index (χ0n) is 11.9. The first-order valence-corrected chi connectivity index (χ1v) is 6.82. The lowest BCUT2D eigenvalue weighted by molar-refractivity contribution is -0.132. The number of methoxy groups -OCH3 is 1. The Morgan fingerprint density at radius 2 is 2.00 bits per heavy atom. The lowest BCUT2D eigenvalue weighted by Gasteiger charge is -2.25. The molecule has 4 nitrogen and oxygen atoms in total. The van der Waals surface area contributed by atoms with Crippen LogP contribution in [0.1, 0.15) is 33.6 Å². The number of carbonyl (C=O) groups excluding carboxylic acids is 1. The van der Waals surface area contributed by atoms with Gasteiger partial charge in [0, 0.05) is 39.6 Å². The Kier molecular flexibility index (Phi) is 8.93. The lowest BCUT2D eigenvalue weighted by Crippen LogP contribution is -2.37. The van der Waals surface area contributed by atoms with Crippen molar-refractivity contribution in [3.05, 3.63) is 0 Å². The molecule has 0 heterocycles. The van der Waals surface area contributed by atoms with Crippen molar-refractivity contribution in [2.75, 3.05) is 26.8 Å². The Morgan fingerprint density at radius 3 is 2.44 bits per heavy atom. The van der Waals surface area contributed by atoms with Crippen LogP contribution in [0.4, 0.5) is 0 Å². The van der Waals surface area contributed by atoms with Crippen LogP contribution in [0.3, 0.4) is 0 Å². The van der Waals surface area contributed by atoms with Crippen molar-refractivity contribution in [3.63, 3.8) is 0 Å². The Morgan fingerprint density at radius 1 is 1.39 bits per heavy atom. The number of nitrogens with two attached hydrogens (primary N) is 1. The van der Waals surface area contributed by atoms with Crippen molar-refractivity contribution in [3.8, 4) is 0 Å². The molecule has 2 N–H and O–H groups in total. The van der Waals surface area contributed by atoms with Crippen LogP contribution in [0.5, 0.6) is 0 Å². The summed E-state index contributed by atoms with van der Waals surface area (Å²) in [5, 5.41) is 0. The van der Waals surface area contributed by atoms with Gasteiger partial charge in [0.1, 0.15) is 0 Å². The van der Waals surface area contributed by atoms with Gasteiger partial charge in [-0.05, 0) is 11.8 Å². The van der Waals surface area contributed by atoms with E-state index < -0.39 is 0 Å². The van der Waals surface area contributed by atoms with E-state index >= 15 is 0 Å². The number of carbonyl (C=O) groups is 1. The molecule has 18 heavy (non-hydrogen) atoms. The van der Waals surface area contributed by atoms with Gasteiger partial charge in [-0.25, -0.2) is 0 Å². The summed E-state index contributed by atoms with van der Waals surface area (Å²) in [5.41, 5.74) is 5.49. The molecule has 0 aromatic rings.